The number of nitrogens with zero attached hydrogens (tertiary/aromatic N) is 1. The molecule has 1 saturated heterocycles. The van der Waals surface area contributed by atoms with Crippen molar-refractivity contribution in [3.63, 3.8) is 0 Å². The number of unbranched alkanes of at least 4 members (excludes halogenated alkanes) is 2. The third-order valence-electron chi connectivity index (χ3n) is 9.90. The summed E-state index contributed by atoms with van der Waals surface area (Å²) in [6.07, 6.45) is 3.00. The van der Waals surface area contributed by atoms with Crippen molar-refractivity contribution in [2.24, 2.45) is 0 Å². The van der Waals surface area contributed by atoms with Crippen molar-refractivity contribution in [3.8, 4) is 11.1 Å². The van der Waals surface area contributed by atoms with Crippen molar-refractivity contribution >= 4 is 23.2 Å². The van der Waals surface area contributed by atoms with Crippen LogP contribution in [0.25, 0.3) is 11.1 Å². The second kappa shape index (κ2) is 19.8. The molecule has 0 aliphatic carbocycles. The van der Waals surface area contributed by atoms with Gasteiger partial charge < -0.3 is 30.9 Å². The molecule has 1 fully saturated rings. The van der Waals surface area contributed by atoms with Crippen molar-refractivity contribution in [3.05, 3.63) is 155 Å². The third kappa shape index (κ3) is 11.8. The molecule has 3 unspecified atom stereocenters. The third-order valence-corrected chi connectivity index (χ3v) is 9.90. The lowest BCUT2D eigenvalue weighted by atomic mass is 9.99. The molecule has 1 aliphatic heterocycles. The van der Waals surface area contributed by atoms with Crippen LogP contribution in [0.1, 0.15) is 78.7 Å². The van der Waals surface area contributed by atoms with Gasteiger partial charge in [0.15, 0.2) is 6.29 Å². The number of nitrogens with two attached hydrogens (primary N) is 1. The molecule has 286 valence electrons. The van der Waals surface area contributed by atoms with Crippen LogP contribution in [0, 0.1) is 0 Å². The van der Waals surface area contributed by atoms with Crippen LogP contribution in [-0.2, 0) is 38.8 Å². The minimum absolute atomic E-state index is 0.00374. The highest BCUT2D eigenvalue weighted by atomic mass is 16.7. The number of anilines is 2. The van der Waals surface area contributed by atoms with Gasteiger partial charge in [0.2, 0.25) is 11.8 Å². The van der Waals surface area contributed by atoms with E-state index in [4.69, 9.17) is 15.2 Å². The molecule has 2 amide bonds. The molecule has 0 saturated carbocycles. The molecule has 1 aliphatic rings. The van der Waals surface area contributed by atoms with Crippen LogP contribution in [0.3, 0.4) is 0 Å². The van der Waals surface area contributed by atoms with E-state index < -0.39 is 6.29 Å². The Morgan fingerprint density at radius 1 is 0.727 bits per heavy atom. The number of carbonyl (C=O) groups excluding carboxylic acids is 2. The smallest absolute Gasteiger partial charge is 0.224 e. The van der Waals surface area contributed by atoms with Gasteiger partial charge in [-0.2, -0.15) is 0 Å². The SMILES string of the molecule is CN(Cc1ccccc1)CC1CC(c2ccc(CO)cc2)OC(c2ccc(-c3cccc(CNC(=O)CCCCCC(=O)Nc4ccccc4N)c3)cc2)O1. The van der Waals surface area contributed by atoms with Crippen molar-refractivity contribution in [2.75, 3.05) is 24.6 Å². The first-order valence-corrected chi connectivity index (χ1v) is 19.2. The first-order chi connectivity index (χ1) is 26.8. The number of nitrogen functional groups attached to an aromatic ring is 1. The molecule has 0 aromatic heterocycles. The highest BCUT2D eigenvalue weighted by Gasteiger charge is 2.33. The summed E-state index contributed by atoms with van der Waals surface area (Å²) in [5.74, 6) is -0.0782. The summed E-state index contributed by atoms with van der Waals surface area (Å²) in [5.41, 5.74) is 14.3. The predicted molar refractivity (Wildman–Crippen MR) is 217 cm³/mol. The molecular formula is C46H52N4O5. The Bertz CT molecular complexity index is 1970. The van der Waals surface area contributed by atoms with Gasteiger partial charge in [0.25, 0.3) is 0 Å². The maximum absolute atomic E-state index is 12.6. The van der Waals surface area contributed by atoms with E-state index in [1.54, 1.807) is 12.1 Å². The summed E-state index contributed by atoms with van der Waals surface area (Å²) < 4.78 is 13.2. The van der Waals surface area contributed by atoms with Gasteiger partial charge in [-0.15, -0.1) is 0 Å². The van der Waals surface area contributed by atoms with E-state index in [1.807, 2.05) is 54.6 Å². The second-order valence-electron chi connectivity index (χ2n) is 14.3. The number of hydrogen-bond donors (Lipinski definition) is 4. The lowest BCUT2D eigenvalue weighted by Crippen LogP contribution is -2.37. The van der Waals surface area contributed by atoms with E-state index in [0.717, 1.165) is 65.7 Å². The number of aliphatic hydroxyl groups excluding tert-OH is 1. The Balaban J connectivity index is 1.00. The van der Waals surface area contributed by atoms with Crippen LogP contribution in [-0.4, -0.2) is 41.5 Å². The Hall–Kier alpha value is -5.32. The van der Waals surface area contributed by atoms with Crippen molar-refractivity contribution in [1.29, 1.82) is 0 Å². The van der Waals surface area contributed by atoms with E-state index in [1.165, 1.54) is 5.56 Å². The summed E-state index contributed by atoms with van der Waals surface area (Å²) in [6.45, 7) is 2.03. The minimum atomic E-state index is -0.534. The molecule has 0 spiro atoms. The maximum atomic E-state index is 12.6. The largest absolute Gasteiger partial charge is 0.397 e. The van der Waals surface area contributed by atoms with Gasteiger partial charge in [0.05, 0.1) is 30.2 Å². The summed E-state index contributed by atoms with van der Waals surface area (Å²) in [4.78, 5) is 27.1. The van der Waals surface area contributed by atoms with E-state index in [0.29, 0.717) is 37.2 Å². The van der Waals surface area contributed by atoms with Gasteiger partial charge in [0.1, 0.15) is 0 Å². The molecule has 1 heterocycles. The normalized spacial score (nSPS) is 16.8. The van der Waals surface area contributed by atoms with Gasteiger partial charge in [0, 0.05) is 44.5 Å². The molecule has 55 heavy (non-hydrogen) atoms. The average Bonchev–Trinajstić information content (AvgIpc) is 3.21. The van der Waals surface area contributed by atoms with Crippen molar-refractivity contribution < 1.29 is 24.2 Å². The zero-order chi connectivity index (χ0) is 38.4. The zero-order valence-corrected chi connectivity index (χ0v) is 31.5. The number of benzene rings is 5. The van der Waals surface area contributed by atoms with Gasteiger partial charge in [-0.1, -0.05) is 116 Å². The van der Waals surface area contributed by atoms with Crippen LogP contribution in [0.5, 0.6) is 0 Å². The Morgan fingerprint density at radius 2 is 1.42 bits per heavy atom. The standard InChI is InChI=1S/C46H52N4O5/c1-50(30-33-11-4-2-5-12-33)31-40-28-43(37-21-19-34(32-51)20-22-37)55-46(54-40)38-25-23-36(24-26-38)39-14-10-13-35(27-39)29-48-44(52)17-6-3-7-18-45(53)49-42-16-9-8-15-41(42)47/h2,4-5,8-16,19-27,40,43,46,51H,3,6-7,17-18,28-32,47H2,1H3,(H,48,52)(H,49,53). The molecule has 5 N–H and O–H groups in total. The first kappa shape index (κ1) is 39.4. The monoisotopic (exact) mass is 740 g/mol. The number of aliphatic hydroxyl groups is 1. The van der Waals surface area contributed by atoms with Gasteiger partial charge in [-0.05, 0) is 71.5 Å². The number of rotatable bonds is 17. The van der Waals surface area contributed by atoms with E-state index >= 15 is 0 Å². The van der Waals surface area contributed by atoms with E-state index in [2.05, 4.69) is 83.2 Å². The molecule has 9 heteroatoms. The summed E-state index contributed by atoms with van der Waals surface area (Å²) in [6, 6.07) is 42.1. The Kier molecular flexibility index (Phi) is 14.2. The van der Waals surface area contributed by atoms with Crippen LogP contribution in [0.2, 0.25) is 0 Å². The fraction of sp³-hybridized carbons (Fsp3) is 0.304. The molecule has 5 aromatic carbocycles. The predicted octanol–water partition coefficient (Wildman–Crippen LogP) is 8.31. The van der Waals surface area contributed by atoms with Gasteiger partial charge in [-0.25, -0.2) is 0 Å². The van der Waals surface area contributed by atoms with Gasteiger partial charge in [-0.3, -0.25) is 14.5 Å². The number of nitrogens with one attached hydrogen (secondary N) is 2. The number of amides is 2. The van der Waals surface area contributed by atoms with Crippen molar-refractivity contribution in [1.82, 2.24) is 10.2 Å². The maximum Gasteiger partial charge on any atom is 0.224 e. The number of ether oxygens (including phenoxy) is 2. The fourth-order valence-electron chi connectivity index (χ4n) is 6.89. The van der Waals surface area contributed by atoms with Crippen LogP contribution in [0.4, 0.5) is 11.4 Å². The molecular weight excluding hydrogens is 689 g/mol. The zero-order valence-electron chi connectivity index (χ0n) is 31.5. The number of hydrogen-bond acceptors (Lipinski definition) is 7. The number of likely N-dealkylation sites (N-methyl/N-ethyl adjacent to an activating group) is 1. The van der Waals surface area contributed by atoms with Crippen LogP contribution in [0.15, 0.2) is 127 Å². The Labute approximate surface area is 324 Å². The highest BCUT2D eigenvalue weighted by Crippen LogP contribution is 2.38. The van der Waals surface area contributed by atoms with Crippen LogP contribution >= 0.6 is 0 Å². The fourth-order valence-corrected chi connectivity index (χ4v) is 6.89. The molecule has 3 atom stereocenters. The highest BCUT2D eigenvalue weighted by molar-refractivity contribution is 5.93. The van der Waals surface area contributed by atoms with Crippen molar-refractivity contribution in [2.45, 2.75) is 76.7 Å². The lowest BCUT2D eigenvalue weighted by molar-refractivity contribution is -0.252. The first-order valence-electron chi connectivity index (χ1n) is 19.2. The average molecular weight is 741 g/mol. The van der Waals surface area contributed by atoms with E-state index in [-0.39, 0.29) is 30.6 Å². The summed E-state index contributed by atoms with van der Waals surface area (Å²) in [5, 5.41) is 15.5. The quantitative estimate of drug-likeness (QED) is 0.0558. The number of carbonyl (C=O) groups is 2. The molecule has 9 nitrogen and oxygen atoms in total. The summed E-state index contributed by atoms with van der Waals surface area (Å²) in [7, 11) is 2.12. The Morgan fingerprint density at radius 3 is 2.16 bits per heavy atom. The molecule has 0 radical (unpaired) electrons. The molecule has 5 aromatic rings. The minimum Gasteiger partial charge on any atom is -0.397 e. The second-order valence-corrected chi connectivity index (χ2v) is 14.3. The number of para-hydroxylation sites is 2. The van der Waals surface area contributed by atoms with E-state index in [9.17, 15) is 14.7 Å². The molecule has 0 bridgehead atoms. The van der Waals surface area contributed by atoms with Gasteiger partial charge >= 0.3 is 0 Å². The van der Waals surface area contributed by atoms with Crippen LogP contribution < -0.4 is 16.4 Å². The topological polar surface area (TPSA) is 126 Å². The summed E-state index contributed by atoms with van der Waals surface area (Å²) >= 11 is 0. The molecule has 6 rings (SSSR count). The lowest BCUT2D eigenvalue weighted by Gasteiger charge is -2.38.